The second kappa shape index (κ2) is 9.34. The summed E-state index contributed by atoms with van der Waals surface area (Å²) in [6.45, 7) is 0.907. The molecule has 0 aliphatic carbocycles. The number of fused-ring (bicyclic) bond motifs is 1. The first-order valence-corrected chi connectivity index (χ1v) is 11.3. The standard InChI is InChI=1S/C24H21ClF2N6O/c25-15-9-18-19(12-30-21(18)28-10-15)22-31-13-20(27)23(32-22)29-11-17-3-1-2-8-33(17)24(34)14-4-6-16(26)7-5-14/h4-7,9-10,12-13,17H,1-3,8,11H2,(H,28,30)(H,29,31,32)/t17-/m1/s1. The van der Waals surface area contributed by atoms with Crippen LogP contribution in [0, 0.1) is 11.6 Å². The first kappa shape index (κ1) is 22.2. The molecule has 1 aromatic carbocycles. The molecule has 1 amide bonds. The van der Waals surface area contributed by atoms with Gasteiger partial charge >= 0.3 is 0 Å². The van der Waals surface area contributed by atoms with E-state index in [-0.39, 0.29) is 17.8 Å². The van der Waals surface area contributed by atoms with Crippen molar-refractivity contribution in [1.29, 1.82) is 0 Å². The fourth-order valence-electron chi connectivity index (χ4n) is 4.24. The number of amides is 1. The number of H-pyrrole nitrogens is 1. The molecule has 10 heteroatoms. The number of carbonyl (C=O) groups is 1. The van der Waals surface area contributed by atoms with E-state index in [4.69, 9.17) is 11.6 Å². The summed E-state index contributed by atoms with van der Waals surface area (Å²) in [5.74, 6) is -0.779. The molecule has 4 aromatic rings. The van der Waals surface area contributed by atoms with Gasteiger partial charge in [-0.2, -0.15) is 0 Å². The number of halogens is 3. The highest BCUT2D eigenvalue weighted by atomic mass is 35.5. The first-order chi connectivity index (χ1) is 16.5. The van der Waals surface area contributed by atoms with Gasteiger partial charge in [-0.05, 0) is 49.6 Å². The maximum Gasteiger partial charge on any atom is 0.254 e. The third-order valence-electron chi connectivity index (χ3n) is 5.97. The number of hydrogen-bond donors (Lipinski definition) is 2. The normalized spacial score (nSPS) is 16.1. The Balaban J connectivity index is 1.36. The van der Waals surface area contributed by atoms with Crippen molar-refractivity contribution in [2.45, 2.75) is 25.3 Å². The van der Waals surface area contributed by atoms with Crippen LogP contribution >= 0.6 is 11.6 Å². The van der Waals surface area contributed by atoms with Gasteiger partial charge in [0.05, 0.1) is 11.2 Å². The average Bonchev–Trinajstić information content (AvgIpc) is 3.27. The highest BCUT2D eigenvalue weighted by Crippen LogP contribution is 2.28. The predicted octanol–water partition coefficient (Wildman–Crippen LogP) is 5.06. The van der Waals surface area contributed by atoms with Crippen LogP contribution in [-0.2, 0) is 0 Å². The van der Waals surface area contributed by atoms with Gasteiger partial charge in [-0.15, -0.1) is 0 Å². The third-order valence-corrected chi connectivity index (χ3v) is 6.17. The minimum atomic E-state index is -0.591. The van der Waals surface area contributed by atoms with Gasteiger partial charge in [0.1, 0.15) is 11.5 Å². The van der Waals surface area contributed by atoms with Crippen LogP contribution in [0.4, 0.5) is 14.6 Å². The Morgan fingerprint density at radius 3 is 2.82 bits per heavy atom. The van der Waals surface area contributed by atoms with Crippen LogP contribution in [0.5, 0.6) is 0 Å². The summed E-state index contributed by atoms with van der Waals surface area (Å²) < 4.78 is 27.8. The van der Waals surface area contributed by atoms with Crippen LogP contribution in [-0.4, -0.2) is 49.9 Å². The number of piperidine rings is 1. The number of benzene rings is 1. The topological polar surface area (TPSA) is 86.8 Å². The number of likely N-dealkylation sites (tertiary alicyclic amines) is 1. The Morgan fingerprint density at radius 2 is 2.00 bits per heavy atom. The zero-order chi connectivity index (χ0) is 23.7. The van der Waals surface area contributed by atoms with Gasteiger partial charge in [-0.25, -0.2) is 23.7 Å². The summed E-state index contributed by atoms with van der Waals surface area (Å²) in [7, 11) is 0. The fraction of sp³-hybridized carbons (Fsp3) is 0.250. The van der Waals surface area contributed by atoms with Crippen LogP contribution < -0.4 is 5.32 Å². The smallest absolute Gasteiger partial charge is 0.254 e. The van der Waals surface area contributed by atoms with Crippen molar-refractivity contribution >= 4 is 34.4 Å². The molecule has 0 spiro atoms. The van der Waals surface area contributed by atoms with E-state index in [0.29, 0.717) is 40.7 Å². The molecule has 0 bridgehead atoms. The molecule has 3 aromatic heterocycles. The Morgan fingerprint density at radius 1 is 1.18 bits per heavy atom. The Hall–Kier alpha value is -3.59. The van der Waals surface area contributed by atoms with Gasteiger partial charge in [0, 0.05) is 48.0 Å². The molecule has 1 aliphatic heterocycles. The molecule has 0 saturated carbocycles. The number of pyridine rings is 1. The van der Waals surface area contributed by atoms with Crippen molar-refractivity contribution in [3.63, 3.8) is 0 Å². The number of nitrogens with one attached hydrogen (secondary N) is 2. The van der Waals surface area contributed by atoms with Crippen LogP contribution in [0.2, 0.25) is 5.02 Å². The molecule has 1 atom stereocenters. The van der Waals surface area contributed by atoms with E-state index >= 15 is 0 Å². The number of rotatable bonds is 5. The number of carbonyl (C=O) groups excluding carboxylic acids is 1. The van der Waals surface area contributed by atoms with Crippen molar-refractivity contribution in [1.82, 2.24) is 24.8 Å². The summed E-state index contributed by atoms with van der Waals surface area (Å²) in [6.07, 6.45) is 6.96. The van der Waals surface area contributed by atoms with Gasteiger partial charge in [0.25, 0.3) is 5.91 Å². The number of hydrogen-bond acceptors (Lipinski definition) is 5. The summed E-state index contributed by atoms with van der Waals surface area (Å²) >= 11 is 6.08. The molecule has 174 valence electrons. The van der Waals surface area contributed by atoms with Crippen molar-refractivity contribution in [2.75, 3.05) is 18.4 Å². The SMILES string of the molecule is O=C(c1ccc(F)cc1)N1CCCC[C@@H]1CNc1nc(-c2c[nH]c3ncc(Cl)cc23)ncc1F. The lowest BCUT2D eigenvalue weighted by molar-refractivity contribution is 0.0628. The maximum absolute atomic E-state index is 14.6. The lowest BCUT2D eigenvalue weighted by Crippen LogP contribution is -2.47. The van der Waals surface area contributed by atoms with Gasteiger partial charge in [0.2, 0.25) is 0 Å². The number of anilines is 1. The third kappa shape index (κ3) is 4.43. The number of nitrogens with zero attached hydrogens (tertiary/aromatic N) is 4. The monoisotopic (exact) mass is 482 g/mol. The van der Waals surface area contributed by atoms with E-state index in [1.54, 1.807) is 17.2 Å². The van der Waals surface area contributed by atoms with E-state index in [9.17, 15) is 13.6 Å². The maximum atomic E-state index is 14.6. The lowest BCUT2D eigenvalue weighted by atomic mass is 10.0. The van der Waals surface area contributed by atoms with Gasteiger partial charge < -0.3 is 15.2 Å². The van der Waals surface area contributed by atoms with E-state index in [0.717, 1.165) is 30.8 Å². The van der Waals surface area contributed by atoms with Gasteiger partial charge in [0.15, 0.2) is 17.5 Å². The molecule has 0 radical (unpaired) electrons. The first-order valence-electron chi connectivity index (χ1n) is 11.0. The summed E-state index contributed by atoms with van der Waals surface area (Å²) in [5, 5.41) is 4.26. The van der Waals surface area contributed by atoms with E-state index < -0.39 is 11.6 Å². The predicted molar refractivity (Wildman–Crippen MR) is 126 cm³/mol. The van der Waals surface area contributed by atoms with E-state index in [2.05, 4.69) is 25.3 Å². The Kier molecular flexibility index (Phi) is 6.10. The second-order valence-corrected chi connectivity index (χ2v) is 8.61. The molecular formula is C24H21ClF2N6O. The van der Waals surface area contributed by atoms with Crippen molar-refractivity contribution in [2.24, 2.45) is 0 Å². The highest BCUT2D eigenvalue weighted by Gasteiger charge is 2.28. The van der Waals surface area contributed by atoms with Crippen LogP contribution in [0.15, 0.2) is 48.9 Å². The number of aromatic nitrogens is 4. The van der Waals surface area contributed by atoms with Crippen molar-refractivity contribution in [3.05, 3.63) is 71.1 Å². The zero-order valence-electron chi connectivity index (χ0n) is 18.1. The minimum Gasteiger partial charge on any atom is -0.365 e. The molecule has 0 unspecified atom stereocenters. The minimum absolute atomic E-state index is 0.0501. The van der Waals surface area contributed by atoms with E-state index in [1.165, 1.54) is 30.5 Å². The summed E-state index contributed by atoms with van der Waals surface area (Å²) in [4.78, 5) is 30.6. The molecule has 34 heavy (non-hydrogen) atoms. The Labute approximate surface area is 199 Å². The zero-order valence-corrected chi connectivity index (χ0v) is 18.8. The average molecular weight is 483 g/mol. The van der Waals surface area contributed by atoms with Crippen molar-refractivity contribution < 1.29 is 13.6 Å². The van der Waals surface area contributed by atoms with Gasteiger partial charge in [-0.3, -0.25) is 4.79 Å². The lowest BCUT2D eigenvalue weighted by Gasteiger charge is -2.36. The quantitative estimate of drug-likeness (QED) is 0.415. The molecule has 2 N–H and O–H groups in total. The second-order valence-electron chi connectivity index (χ2n) is 8.18. The molecule has 1 saturated heterocycles. The van der Waals surface area contributed by atoms with Crippen LogP contribution in [0.1, 0.15) is 29.6 Å². The molecule has 7 nitrogen and oxygen atoms in total. The molecule has 1 fully saturated rings. The highest BCUT2D eigenvalue weighted by molar-refractivity contribution is 6.31. The largest absolute Gasteiger partial charge is 0.365 e. The number of aromatic amines is 1. The molecule has 1 aliphatic rings. The van der Waals surface area contributed by atoms with Crippen molar-refractivity contribution in [3.8, 4) is 11.4 Å². The summed E-state index contributed by atoms with van der Waals surface area (Å²) in [5.41, 5.74) is 1.70. The summed E-state index contributed by atoms with van der Waals surface area (Å²) in [6, 6.07) is 7.10. The van der Waals surface area contributed by atoms with Gasteiger partial charge in [-0.1, -0.05) is 11.6 Å². The molecule has 5 rings (SSSR count). The van der Waals surface area contributed by atoms with Crippen LogP contribution in [0.3, 0.4) is 0 Å². The fourth-order valence-corrected chi connectivity index (χ4v) is 4.39. The molecule has 4 heterocycles. The van der Waals surface area contributed by atoms with E-state index in [1.807, 2.05) is 0 Å². The van der Waals surface area contributed by atoms with Crippen LogP contribution in [0.25, 0.3) is 22.4 Å². The Bertz CT molecular complexity index is 1340. The molecular weight excluding hydrogens is 462 g/mol.